The normalized spacial score (nSPS) is 13.5. The summed E-state index contributed by atoms with van der Waals surface area (Å²) >= 11 is 0. The van der Waals surface area contributed by atoms with Crippen LogP contribution in [0, 0.1) is 33.6 Å². The molecule has 0 radical (unpaired) electrons. The molecule has 0 amide bonds. The summed E-state index contributed by atoms with van der Waals surface area (Å²) in [5.74, 6) is 1.74. The van der Waals surface area contributed by atoms with Gasteiger partial charge in [0.1, 0.15) is 11.5 Å². The predicted molar refractivity (Wildman–Crippen MR) is 207 cm³/mol. The molecule has 4 nitrogen and oxygen atoms in total. The highest BCUT2D eigenvalue weighted by atomic mass is 32.2. The summed E-state index contributed by atoms with van der Waals surface area (Å²) in [6.45, 7) is 13.2. The molecule has 1 heterocycles. The van der Waals surface area contributed by atoms with Crippen LogP contribution in [0.5, 0.6) is 11.5 Å². The Morgan fingerprint density at radius 3 is 2.26 bits per heavy atom. The van der Waals surface area contributed by atoms with Crippen molar-refractivity contribution in [2.45, 2.75) is 78.5 Å². The summed E-state index contributed by atoms with van der Waals surface area (Å²) in [6, 6.07) is 33.0. The van der Waals surface area contributed by atoms with Crippen LogP contribution in [-0.4, -0.2) is 15.0 Å². The van der Waals surface area contributed by atoms with Crippen molar-refractivity contribution >= 4 is 21.7 Å². The molecule has 258 valence electrons. The Morgan fingerprint density at radius 1 is 0.760 bits per heavy atom. The predicted octanol–water partition coefficient (Wildman–Crippen LogP) is 9.19. The fourth-order valence-corrected chi connectivity index (χ4v) is 8.36. The van der Waals surface area contributed by atoms with Crippen molar-refractivity contribution < 1.29 is 13.2 Å². The molecular weight excluding hydrogens is 635 g/mol. The monoisotopic (exact) mass is 683 g/mol. The number of ether oxygens (including phenoxy) is 1. The molecule has 0 spiro atoms. The van der Waals surface area contributed by atoms with E-state index in [1.807, 2.05) is 18.2 Å². The zero-order chi connectivity index (χ0) is 35.4. The van der Waals surface area contributed by atoms with Crippen LogP contribution in [0.1, 0.15) is 89.6 Å². The number of fused-ring (bicyclic) bond motifs is 2. The maximum absolute atomic E-state index is 14.1. The molecule has 0 aromatic heterocycles. The van der Waals surface area contributed by atoms with Crippen LogP contribution in [0.2, 0.25) is 0 Å². The van der Waals surface area contributed by atoms with Crippen LogP contribution >= 0.6 is 0 Å². The zero-order valence-corrected chi connectivity index (χ0v) is 31.1. The number of unbranched alkanes of at least 4 members (excludes halogenated alkanes) is 1. The molecule has 0 bridgehead atoms. The number of sulfonamides is 1. The standard InChI is InChI=1S/C45H49NO3S/c1-7-9-12-34(8-2)29-46-50(47,48)44-14-11-10-13-41(44)45-39-21-17-35(25-37-19-15-30(3)23-32(37)5)27-42(39)49-43-28-36(18-22-40(43)45)26-38-20-16-31(4)24-33(38)6/h10-11,13-25,27-28,34,46H,7-9,12,26,29H2,1-6H3/b35-25+. The van der Waals surface area contributed by atoms with E-state index in [-0.39, 0.29) is 4.90 Å². The third-order valence-corrected chi connectivity index (χ3v) is 11.5. The van der Waals surface area contributed by atoms with Gasteiger partial charge in [-0.3, -0.25) is 0 Å². The molecule has 1 unspecified atom stereocenters. The van der Waals surface area contributed by atoms with Crippen molar-refractivity contribution in [3.05, 3.63) is 158 Å². The van der Waals surface area contributed by atoms with Gasteiger partial charge in [0.25, 0.3) is 0 Å². The summed E-state index contributed by atoms with van der Waals surface area (Å²) in [4.78, 5) is 0.282. The molecule has 50 heavy (non-hydrogen) atoms. The third-order valence-electron chi connectivity index (χ3n) is 10.0. The Balaban J connectivity index is 1.49. The first-order chi connectivity index (χ1) is 24.1. The lowest BCUT2D eigenvalue weighted by Gasteiger charge is -2.24. The van der Waals surface area contributed by atoms with Gasteiger partial charge in [0.2, 0.25) is 10.0 Å². The molecule has 5 aromatic carbocycles. The lowest BCUT2D eigenvalue weighted by atomic mass is 9.90. The van der Waals surface area contributed by atoms with Crippen LogP contribution in [0.25, 0.3) is 11.6 Å². The second-order valence-electron chi connectivity index (χ2n) is 13.9. The Morgan fingerprint density at radius 2 is 1.52 bits per heavy atom. The molecule has 1 N–H and O–H groups in total. The average molecular weight is 684 g/mol. The van der Waals surface area contributed by atoms with E-state index in [2.05, 4.69) is 125 Å². The number of nitrogens with one attached hydrogen (secondary N) is 1. The summed E-state index contributed by atoms with van der Waals surface area (Å²) in [7, 11) is -3.81. The fraction of sp³-hybridized carbons (Fsp3) is 0.289. The van der Waals surface area contributed by atoms with Crippen LogP contribution < -0.4 is 19.9 Å². The van der Waals surface area contributed by atoms with Crippen LogP contribution in [-0.2, 0) is 16.4 Å². The van der Waals surface area contributed by atoms with Crippen molar-refractivity contribution in [3.63, 3.8) is 0 Å². The van der Waals surface area contributed by atoms with Gasteiger partial charge in [-0.1, -0.05) is 117 Å². The van der Waals surface area contributed by atoms with E-state index < -0.39 is 10.0 Å². The second kappa shape index (κ2) is 15.2. The highest BCUT2D eigenvalue weighted by molar-refractivity contribution is 7.89. The highest BCUT2D eigenvalue weighted by Crippen LogP contribution is 2.39. The van der Waals surface area contributed by atoms with Gasteiger partial charge in [0.05, 0.1) is 4.90 Å². The summed E-state index contributed by atoms with van der Waals surface area (Å²) < 4.78 is 37.9. The van der Waals surface area contributed by atoms with Crippen molar-refractivity contribution in [3.8, 4) is 11.5 Å². The molecule has 1 atom stereocenters. The number of hydrogen-bond donors (Lipinski definition) is 1. The van der Waals surface area contributed by atoms with Gasteiger partial charge >= 0.3 is 0 Å². The molecule has 0 saturated heterocycles. The maximum Gasteiger partial charge on any atom is 0.241 e. The molecule has 5 heteroatoms. The van der Waals surface area contributed by atoms with Crippen LogP contribution in [0.15, 0.2) is 102 Å². The number of aryl methyl sites for hydroxylation is 4. The minimum atomic E-state index is -3.81. The first-order valence-corrected chi connectivity index (χ1v) is 19.4. The number of hydrogen-bond acceptors (Lipinski definition) is 3. The largest absolute Gasteiger partial charge is 0.456 e. The smallest absolute Gasteiger partial charge is 0.241 e. The quantitative estimate of drug-likeness (QED) is 0.140. The van der Waals surface area contributed by atoms with Gasteiger partial charge in [-0.25, -0.2) is 13.1 Å². The van der Waals surface area contributed by atoms with Gasteiger partial charge in [-0.05, 0) is 110 Å². The van der Waals surface area contributed by atoms with Gasteiger partial charge in [-0.2, -0.15) is 0 Å². The van der Waals surface area contributed by atoms with E-state index >= 15 is 0 Å². The maximum atomic E-state index is 14.1. The second-order valence-corrected chi connectivity index (χ2v) is 15.7. The molecular formula is C45H49NO3S. The van der Waals surface area contributed by atoms with E-state index in [0.29, 0.717) is 23.8 Å². The van der Waals surface area contributed by atoms with E-state index in [1.54, 1.807) is 6.07 Å². The molecule has 0 fully saturated rings. The van der Waals surface area contributed by atoms with Gasteiger partial charge in [0, 0.05) is 28.5 Å². The third kappa shape index (κ3) is 7.80. The van der Waals surface area contributed by atoms with Crippen LogP contribution in [0.3, 0.4) is 0 Å². The Labute approximate surface area is 298 Å². The number of benzene rings is 5. The van der Waals surface area contributed by atoms with E-state index in [1.165, 1.54) is 27.8 Å². The zero-order valence-electron chi connectivity index (χ0n) is 30.3. The molecule has 1 aliphatic heterocycles. The number of rotatable bonds is 12. The topological polar surface area (TPSA) is 55.4 Å². The van der Waals surface area contributed by atoms with Crippen molar-refractivity contribution in [2.75, 3.05) is 6.54 Å². The van der Waals surface area contributed by atoms with Crippen LogP contribution in [0.4, 0.5) is 0 Å². The van der Waals surface area contributed by atoms with Crippen molar-refractivity contribution in [2.24, 2.45) is 5.92 Å². The van der Waals surface area contributed by atoms with E-state index in [0.717, 1.165) is 70.6 Å². The van der Waals surface area contributed by atoms with Crippen molar-refractivity contribution in [1.29, 1.82) is 0 Å². The molecule has 0 aliphatic carbocycles. The lowest BCUT2D eigenvalue weighted by Crippen LogP contribution is -2.30. The molecule has 6 rings (SSSR count). The first kappa shape index (κ1) is 35.4. The minimum Gasteiger partial charge on any atom is -0.456 e. The Bertz CT molecular complexity index is 2270. The Hall–Kier alpha value is -4.45. The molecule has 5 aromatic rings. The fourth-order valence-electron chi connectivity index (χ4n) is 7.03. The van der Waals surface area contributed by atoms with E-state index in [9.17, 15) is 8.42 Å². The highest BCUT2D eigenvalue weighted by Gasteiger charge is 2.27. The van der Waals surface area contributed by atoms with E-state index in [4.69, 9.17) is 4.74 Å². The SMILES string of the molecule is CCCCC(CC)CNS(=O)(=O)c1ccccc1C1=c2cc/c(=C\c3ccc(C)cc3C)cc2Oc2cc(Cc3ccc(C)cc3C)ccc21. The summed E-state index contributed by atoms with van der Waals surface area (Å²) in [5.41, 5.74) is 10.9. The lowest BCUT2D eigenvalue weighted by molar-refractivity contribution is 0.443. The van der Waals surface area contributed by atoms with Gasteiger partial charge in [0.15, 0.2) is 0 Å². The average Bonchev–Trinajstić information content (AvgIpc) is 3.09. The minimum absolute atomic E-state index is 0.282. The molecule has 1 aliphatic rings. The first-order valence-electron chi connectivity index (χ1n) is 18.0. The molecule has 0 saturated carbocycles. The van der Waals surface area contributed by atoms with Gasteiger partial charge < -0.3 is 4.74 Å². The Kier molecular flexibility index (Phi) is 10.8. The van der Waals surface area contributed by atoms with Crippen molar-refractivity contribution in [1.82, 2.24) is 4.72 Å². The summed E-state index contributed by atoms with van der Waals surface area (Å²) in [5, 5.41) is 1.89. The van der Waals surface area contributed by atoms with Gasteiger partial charge in [-0.15, -0.1) is 0 Å². The summed E-state index contributed by atoms with van der Waals surface area (Å²) in [6.07, 6.45) is 7.09.